The maximum Gasteiger partial charge on any atom is 0.236 e. The molecule has 0 aliphatic carbocycles. The molecular formula is C10H8FN3OS. The van der Waals surface area contributed by atoms with Crippen LogP contribution in [0.4, 0.5) is 4.39 Å². The minimum absolute atomic E-state index is 0.0688. The normalized spacial score (nSPS) is 18.3. The molecule has 0 saturated carbocycles. The highest BCUT2D eigenvalue weighted by atomic mass is 32.2. The van der Waals surface area contributed by atoms with E-state index in [1.807, 2.05) is 0 Å². The van der Waals surface area contributed by atoms with Crippen molar-refractivity contribution in [2.24, 2.45) is 10.2 Å². The van der Waals surface area contributed by atoms with Crippen molar-refractivity contribution in [3.8, 4) is 0 Å². The van der Waals surface area contributed by atoms with Crippen LogP contribution >= 0.6 is 11.8 Å². The lowest BCUT2D eigenvalue weighted by Crippen LogP contribution is -2.19. The molecule has 82 valence electrons. The number of benzene rings is 1. The minimum Gasteiger partial charge on any atom is -0.303 e. The quantitative estimate of drug-likeness (QED) is 0.624. The Labute approximate surface area is 95.6 Å². The van der Waals surface area contributed by atoms with Gasteiger partial charge in [-0.2, -0.15) is 5.10 Å². The van der Waals surface area contributed by atoms with Crippen LogP contribution in [0.25, 0.3) is 0 Å². The van der Waals surface area contributed by atoms with Gasteiger partial charge in [0.05, 0.1) is 12.0 Å². The van der Waals surface area contributed by atoms with E-state index in [4.69, 9.17) is 0 Å². The van der Waals surface area contributed by atoms with Crippen molar-refractivity contribution >= 4 is 29.1 Å². The molecule has 1 N–H and O–H groups in total. The third-order valence-electron chi connectivity index (χ3n) is 1.81. The SMILES string of the molecule is O=C1CS/C(=N\N=Cc2ccc(F)cc2)N1. The van der Waals surface area contributed by atoms with E-state index in [1.54, 1.807) is 12.1 Å². The first-order chi connectivity index (χ1) is 7.74. The molecule has 1 fully saturated rings. The van der Waals surface area contributed by atoms with Gasteiger partial charge < -0.3 is 5.32 Å². The molecule has 1 aliphatic heterocycles. The summed E-state index contributed by atoms with van der Waals surface area (Å²) in [6.07, 6.45) is 1.50. The van der Waals surface area contributed by atoms with Crippen LogP contribution in [0.3, 0.4) is 0 Å². The van der Waals surface area contributed by atoms with Crippen LogP contribution in [-0.4, -0.2) is 23.0 Å². The third-order valence-corrected chi connectivity index (χ3v) is 2.68. The van der Waals surface area contributed by atoms with Gasteiger partial charge in [-0.25, -0.2) is 4.39 Å². The number of halogens is 1. The molecular weight excluding hydrogens is 229 g/mol. The first-order valence-electron chi connectivity index (χ1n) is 4.53. The number of thioether (sulfide) groups is 1. The lowest BCUT2D eigenvalue weighted by molar-refractivity contribution is -0.116. The molecule has 0 unspecified atom stereocenters. The Bertz CT molecular complexity index is 456. The highest BCUT2D eigenvalue weighted by molar-refractivity contribution is 8.15. The number of nitrogens with zero attached hydrogens (tertiary/aromatic N) is 2. The van der Waals surface area contributed by atoms with Crippen LogP contribution in [0.5, 0.6) is 0 Å². The number of carbonyl (C=O) groups excluding carboxylic acids is 1. The van der Waals surface area contributed by atoms with Gasteiger partial charge in [-0.05, 0) is 17.7 Å². The summed E-state index contributed by atoms with van der Waals surface area (Å²) in [6.45, 7) is 0. The van der Waals surface area contributed by atoms with Crippen LogP contribution in [-0.2, 0) is 4.79 Å². The number of nitrogens with one attached hydrogen (secondary N) is 1. The fourth-order valence-electron chi connectivity index (χ4n) is 1.08. The first kappa shape index (κ1) is 10.8. The second-order valence-corrected chi connectivity index (χ2v) is 4.00. The summed E-state index contributed by atoms with van der Waals surface area (Å²) in [5, 5.41) is 10.6. The monoisotopic (exact) mass is 237 g/mol. The van der Waals surface area contributed by atoms with E-state index in [0.29, 0.717) is 10.9 Å². The average Bonchev–Trinajstić information content (AvgIpc) is 2.67. The molecule has 2 rings (SSSR count). The van der Waals surface area contributed by atoms with Gasteiger partial charge in [-0.15, -0.1) is 5.10 Å². The number of hydrogen-bond donors (Lipinski definition) is 1. The summed E-state index contributed by atoms with van der Waals surface area (Å²) >= 11 is 1.30. The highest BCUT2D eigenvalue weighted by Crippen LogP contribution is 2.08. The maximum atomic E-state index is 12.6. The van der Waals surface area contributed by atoms with Crippen molar-refractivity contribution < 1.29 is 9.18 Å². The highest BCUT2D eigenvalue weighted by Gasteiger charge is 2.15. The van der Waals surface area contributed by atoms with Crippen LogP contribution in [0.15, 0.2) is 34.5 Å². The van der Waals surface area contributed by atoms with Crippen molar-refractivity contribution in [1.29, 1.82) is 0 Å². The maximum absolute atomic E-state index is 12.6. The molecule has 1 saturated heterocycles. The molecule has 1 aliphatic rings. The van der Waals surface area contributed by atoms with E-state index in [0.717, 1.165) is 5.56 Å². The minimum atomic E-state index is -0.290. The summed E-state index contributed by atoms with van der Waals surface area (Å²) in [7, 11) is 0. The summed E-state index contributed by atoms with van der Waals surface area (Å²) in [4.78, 5) is 10.8. The molecule has 1 amide bonds. The smallest absolute Gasteiger partial charge is 0.236 e. The summed E-state index contributed by atoms with van der Waals surface area (Å²) < 4.78 is 12.6. The van der Waals surface area contributed by atoms with Gasteiger partial charge in [0.2, 0.25) is 5.91 Å². The lowest BCUT2D eigenvalue weighted by atomic mass is 10.2. The first-order valence-corrected chi connectivity index (χ1v) is 5.52. The number of amides is 1. The second-order valence-electron chi connectivity index (χ2n) is 3.04. The zero-order valence-corrected chi connectivity index (χ0v) is 9.00. The van der Waals surface area contributed by atoms with E-state index in [-0.39, 0.29) is 11.7 Å². The Morgan fingerprint density at radius 3 is 2.75 bits per heavy atom. The largest absolute Gasteiger partial charge is 0.303 e. The van der Waals surface area contributed by atoms with Gasteiger partial charge in [-0.1, -0.05) is 23.9 Å². The Morgan fingerprint density at radius 1 is 1.38 bits per heavy atom. The molecule has 6 heteroatoms. The van der Waals surface area contributed by atoms with E-state index in [9.17, 15) is 9.18 Å². The molecule has 0 bridgehead atoms. The van der Waals surface area contributed by atoms with Gasteiger partial charge in [0.25, 0.3) is 0 Å². The molecule has 0 spiro atoms. The summed E-state index contributed by atoms with van der Waals surface area (Å²) in [6, 6.07) is 5.89. The molecule has 0 aromatic heterocycles. The number of rotatable bonds is 2. The summed E-state index contributed by atoms with van der Waals surface area (Å²) in [5.74, 6) is 0.0214. The molecule has 0 radical (unpaired) electrons. The Kier molecular flexibility index (Phi) is 3.31. The topological polar surface area (TPSA) is 53.8 Å². The van der Waals surface area contributed by atoms with Crippen molar-refractivity contribution in [1.82, 2.24) is 5.32 Å². The van der Waals surface area contributed by atoms with Crippen molar-refractivity contribution in [3.05, 3.63) is 35.6 Å². The van der Waals surface area contributed by atoms with Gasteiger partial charge in [-0.3, -0.25) is 4.79 Å². The zero-order valence-electron chi connectivity index (χ0n) is 8.18. The third kappa shape index (κ3) is 2.90. The number of carbonyl (C=O) groups is 1. The van der Waals surface area contributed by atoms with Crippen molar-refractivity contribution in [3.63, 3.8) is 0 Å². The van der Waals surface area contributed by atoms with Crippen molar-refractivity contribution in [2.45, 2.75) is 0 Å². The summed E-state index contributed by atoms with van der Waals surface area (Å²) in [5.41, 5.74) is 0.750. The van der Waals surface area contributed by atoms with Crippen LogP contribution < -0.4 is 5.32 Å². The van der Waals surface area contributed by atoms with E-state index in [1.165, 1.54) is 30.1 Å². The number of hydrogen-bond acceptors (Lipinski definition) is 4. The van der Waals surface area contributed by atoms with Crippen LogP contribution in [0, 0.1) is 5.82 Å². The van der Waals surface area contributed by atoms with E-state index < -0.39 is 0 Å². The number of amidine groups is 1. The average molecular weight is 237 g/mol. The standard InChI is InChI=1S/C10H8FN3OS/c11-8-3-1-7(2-4-8)5-12-14-10-13-9(15)6-16-10/h1-5H,6H2,(H,13,14,15). The second kappa shape index (κ2) is 4.89. The predicted octanol–water partition coefficient (Wildman–Crippen LogP) is 1.38. The Hall–Kier alpha value is -1.69. The fourth-order valence-corrected chi connectivity index (χ4v) is 1.71. The molecule has 16 heavy (non-hydrogen) atoms. The molecule has 0 atom stereocenters. The predicted molar refractivity (Wildman–Crippen MR) is 62.0 cm³/mol. The lowest BCUT2D eigenvalue weighted by Gasteiger charge is -1.91. The Morgan fingerprint density at radius 2 is 2.12 bits per heavy atom. The fraction of sp³-hybridized carbons (Fsp3) is 0.100. The van der Waals surface area contributed by atoms with Gasteiger partial charge >= 0.3 is 0 Å². The molecule has 4 nitrogen and oxygen atoms in total. The van der Waals surface area contributed by atoms with Gasteiger partial charge in [0.15, 0.2) is 5.17 Å². The van der Waals surface area contributed by atoms with Gasteiger partial charge in [0.1, 0.15) is 5.82 Å². The molecule has 1 heterocycles. The van der Waals surface area contributed by atoms with Crippen molar-refractivity contribution in [2.75, 3.05) is 5.75 Å². The van der Waals surface area contributed by atoms with Crippen LogP contribution in [0.1, 0.15) is 5.56 Å². The van der Waals surface area contributed by atoms with Gasteiger partial charge in [0, 0.05) is 0 Å². The van der Waals surface area contributed by atoms with Crippen LogP contribution in [0.2, 0.25) is 0 Å². The molecule has 1 aromatic rings. The molecule has 1 aromatic carbocycles. The van der Waals surface area contributed by atoms with E-state index >= 15 is 0 Å². The Balaban J connectivity index is 1.99. The van der Waals surface area contributed by atoms with E-state index in [2.05, 4.69) is 15.5 Å². The zero-order chi connectivity index (χ0) is 11.4.